The Hall–Kier alpha value is -2.04. The van der Waals surface area contributed by atoms with Crippen LogP contribution in [-0.2, 0) is 14.3 Å². The van der Waals surface area contributed by atoms with E-state index in [1.807, 2.05) is 37.3 Å². The normalized spacial score (nSPS) is 10.0. The van der Waals surface area contributed by atoms with Crippen molar-refractivity contribution in [2.45, 2.75) is 26.7 Å². The van der Waals surface area contributed by atoms with Crippen molar-refractivity contribution < 1.29 is 19.1 Å². The summed E-state index contributed by atoms with van der Waals surface area (Å²) >= 11 is 0. The van der Waals surface area contributed by atoms with E-state index in [4.69, 9.17) is 9.47 Å². The molecule has 0 saturated heterocycles. The summed E-state index contributed by atoms with van der Waals surface area (Å²) < 4.78 is 10.4. The second-order valence-corrected chi connectivity index (χ2v) is 4.44. The molecule has 0 radical (unpaired) electrons. The van der Waals surface area contributed by atoms with Gasteiger partial charge < -0.3 is 14.4 Å². The van der Waals surface area contributed by atoms with Crippen molar-refractivity contribution >= 4 is 11.9 Å². The van der Waals surface area contributed by atoms with E-state index in [-0.39, 0.29) is 18.3 Å². The van der Waals surface area contributed by atoms with Crippen molar-refractivity contribution in [3.63, 3.8) is 0 Å². The third kappa shape index (κ3) is 6.79. The van der Waals surface area contributed by atoms with E-state index in [0.717, 1.165) is 5.75 Å². The first-order valence-corrected chi connectivity index (χ1v) is 7.28. The first-order chi connectivity index (χ1) is 10.2. The first-order valence-electron chi connectivity index (χ1n) is 7.28. The number of hydrogen-bond donors (Lipinski definition) is 0. The summed E-state index contributed by atoms with van der Waals surface area (Å²) in [5.74, 6) is 0.460. The number of esters is 1. The Bertz CT molecular complexity index is 433. The van der Waals surface area contributed by atoms with Gasteiger partial charge in [-0.3, -0.25) is 9.59 Å². The molecule has 0 unspecified atom stereocenters. The third-order valence-electron chi connectivity index (χ3n) is 2.95. The third-order valence-corrected chi connectivity index (χ3v) is 2.95. The lowest BCUT2D eigenvalue weighted by Gasteiger charge is -2.20. The molecule has 0 bridgehead atoms. The largest absolute Gasteiger partial charge is 0.493 e. The second kappa shape index (κ2) is 9.80. The molecule has 0 spiro atoms. The topological polar surface area (TPSA) is 55.8 Å². The van der Waals surface area contributed by atoms with Crippen LogP contribution >= 0.6 is 0 Å². The van der Waals surface area contributed by atoms with Gasteiger partial charge in [-0.2, -0.15) is 0 Å². The molecule has 0 aliphatic rings. The van der Waals surface area contributed by atoms with Crippen molar-refractivity contribution in [1.82, 2.24) is 4.90 Å². The van der Waals surface area contributed by atoms with E-state index < -0.39 is 0 Å². The van der Waals surface area contributed by atoms with E-state index in [2.05, 4.69) is 0 Å². The fraction of sp³-hybridized carbons (Fsp3) is 0.500. The van der Waals surface area contributed by atoms with Crippen molar-refractivity contribution in [2.75, 3.05) is 26.3 Å². The Morgan fingerprint density at radius 2 is 1.81 bits per heavy atom. The molecule has 0 fully saturated rings. The smallest absolute Gasteiger partial charge is 0.307 e. The predicted molar refractivity (Wildman–Crippen MR) is 80.1 cm³/mol. The zero-order chi connectivity index (χ0) is 15.5. The van der Waals surface area contributed by atoms with Crippen molar-refractivity contribution in [1.29, 1.82) is 0 Å². The van der Waals surface area contributed by atoms with Crippen molar-refractivity contribution in [3.05, 3.63) is 30.3 Å². The highest BCUT2D eigenvalue weighted by atomic mass is 16.5. The molecule has 0 aromatic heterocycles. The Labute approximate surface area is 125 Å². The monoisotopic (exact) mass is 293 g/mol. The molecule has 1 rings (SSSR count). The maximum absolute atomic E-state index is 12.0. The molecule has 1 aromatic rings. The van der Waals surface area contributed by atoms with Crippen LogP contribution in [0.25, 0.3) is 0 Å². The lowest BCUT2D eigenvalue weighted by atomic mass is 10.3. The molecule has 0 atom stereocenters. The van der Waals surface area contributed by atoms with Crippen LogP contribution in [0, 0.1) is 0 Å². The Balaban J connectivity index is 2.29. The van der Waals surface area contributed by atoms with Gasteiger partial charge >= 0.3 is 5.97 Å². The zero-order valence-corrected chi connectivity index (χ0v) is 12.7. The number of nitrogens with zero attached hydrogens (tertiary/aromatic N) is 1. The van der Waals surface area contributed by atoms with Gasteiger partial charge in [0.1, 0.15) is 5.75 Å². The van der Waals surface area contributed by atoms with E-state index in [1.54, 1.807) is 11.8 Å². The number of carbonyl (C=O) groups is 2. The van der Waals surface area contributed by atoms with Crippen LogP contribution in [0.3, 0.4) is 0 Å². The maximum Gasteiger partial charge on any atom is 0.307 e. The van der Waals surface area contributed by atoms with Gasteiger partial charge in [-0.05, 0) is 26.0 Å². The summed E-state index contributed by atoms with van der Waals surface area (Å²) in [6.45, 7) is 5.31. The standard InChI is InChI=1S/C16H23NO4/c1-3-17(12-10-16(19)20-4-2)15(18)11-13-21-14-8-6-5-7-9-14/h5-9H,3-4,10-13H2,1-2H3. The highest BCUT2D eigenvalue weighted by Gasteiger charge is 2.13. The van der Waals surface area contributed by atoms with Gasteiger partial charge in [0.2, 0.25) is 5.91 Å². The number of amides is 1. The summed E-state index contributed by atoms with van der Waals surface area (Å²) in [6, 6.07) is 9.38. The van der Waals surface area contributed by atoms with Gasteiger partial charge in [0.25, 0.3) is 0 Å². The van der Waals surface area contributed by atoms with Crippen LogP contribution < -0.4 is 4.74 Å². The summed E-state index contributed by atoms with van der Waals surface area (Å²) in [4.78, 5) is 25.0. The number of rotatable bonds is 9. The molecular formula is C16H23NO4. The van der Waals surface area contributed by atoms with Gasteiger partial charge in [-0.15, -0.1) is 0 Å². The number of hydrogen-bond acceptors (Lipinski definition) is 4. The minimum Gasteiger partial charge on any atom is -0.493 e. The van der Waals surface area contributed by atoms with Crippen LogP contribution in [0.4, 0.5) is 0 Å². The summed E-state index contributed by atoms with van der Waals surface area (Å²) in [6.07, 6.45) is 0.526. The minimum absolute atomic E-state index is 0.0160. The second-order valence-electron chi connectivity index (χ2n) is 4.44. The first kappa shape index (κ1) is 17.0. The lowest BCUT2D eigenvalue weighted by Crippen LogP contribution is -2.33. The SMILES string of the molecule is CCOC(=O)CCN(CC)C(=O)CCOc1ccccc1. The molecule has 0 N–H and O–H groups in total. The van der Waals surface area contributed by atoms with Crippen molar-refractivity contribution in [2.24, 2.45) is 0 Å². The molecule has 21 heavy (non-hydrogen) atoms. The van der Waals surface area contributed by atoms with Gasteiger partial charge in [0, 0.05) is 13.1 Å². The molecule has 0 saturated carbocycles. The summed E-state index contributed by atoms with van der Waals surface area (Å²) in [5, 5.41) is 0. The van der Waals surface area contributed by atoms with Crippen LogP contribution in [0.2, 0.25) is 0 Å². The molecule has 1 aromatic carbocycles. The Morgan fingerprint density at radius 1 is 1.10 bits per heavy atom. The van der Waals surface area contributed by atoms with Crippen molar-refractivity contribution in [3.8, 4) is 5.75 Å². The Kier molecular flexibility index (Phi) is 7.94. The molecule has 0 heterocycles. The molecule has 5 heteroatoms. The number of benzene rings is 1. The Morgan fingerprint density at radius 3 is 2.43 bits per heavy atom. The summed E-state index contributed by atoms with van der Waals surface area (Å²) in [7, 11) is 0. The van der Waals surface area contributed by atoms with E-state index in [0.29, 0.717) is 32.7 Å². The van der Waals surface area contributed by atoms with E-state index >= 15 is 0 Å². The fourth-order valence-corrected chi connectivity index (χ4v) is 1.85. The molecule has 0 aliphatic carbocycles. The van der Waals surface area contributed by atoms with Gasteiger partial charge in [-0.25, -0.2) is 0 Å². The van der Waals surface area contributed by atoms with Crippen LogP contribution in [0.5, 0.6) is 5.75 Å². The highest BCUT2D eigenvalue weighted by Crippen LogP contribution is 2.09. The molecule has 116 valence electrons. The average Bonchev–Trinajstić information content (AvgIpc) is 2.49. The average molecular weight is 293 g/mol. The minimum atomic E-state index is -0.274. The zero-order valence-electron chi connectivity index (χ0n) is 12.7. The van der Waals surface area contributed by atoms with Crippen LogP contribution in [-0.4, -0.2) is 43.1 Å². The lowest BCUT2D eigenvalue weighted by molar-refractivity contribution is -0.144. The summed E-state index contributed by atoms with van der Waals surface area (Å²) in [5.41, 5.74) is 0. The van der Waals surface area contributed by atoms with Gasteiger partial charge in [0.15, 0.2) is 0 Å². The van der Waals surface area contributed by atoms with Gasteiger partial charge in [-0.1, -0.05) is 18.2 Å². The molecule has 0 aliphatic heterocycles. The van der Waals surface area contributed by atoms with Crippen LogP contribution in [0.1, 0.15) is 26.7 Å². The maximum atomic E-state index is 12.0. The van der Waals surface area contributed by atoms with E-state index in [1.165, 1.54) is 0 Å². The molecule has 1 amide bonds. The highest BCUT2D eigenvalue weighted by molar-refractivity contribution is 5.77. The number of ether oxygens (including phenoxy) is 2. The number of carbonyl (C=O) groups excluding carboxylic acids is 2. The predicted octanol–water partition coefficient (Wildman–Crippen LogP) is 2.26. The number of para-hydroxylation sites is 1. The molecule has 5 nitrogen and oxygen atoms in total. The fourth-order valence-electron chi connectivity index (χ4n) is 1.85. The quantitative estimate of drug-likeness (QED) is 0.655. The van der Waals surface area contributed by atoms with E-state index in [9.17, 15) is 9.59 Å². The van der Waals surface area contributed by atoms with Gasteiger partial charge in [0.05, 0.1) is 26.1 Å². The van der Waals surface area contributed by atoms with Crippen LogP contribution in [0.15, 0.2) is 30.3 Å². The molecular weight excluding hydrogens is 270 g/mol.